The minimum absolute atomic E-state index is 0.0210. The summed E-state index contributed by atoms with van der Waals surface area (Å²) < 4.78 is 1.95. The third-order valence-corrected chi connectivity index (χ3v) is 5.68. The molecule has 1 aromatic heterocycles. The fourth-order valence-corrected chi connectivity index (χ4v) is 3.77. The van der Waals surface area contributed by atoms with Crippen LogP contribution in [-0.4, -0.2) is 27.0 Å². The Balaban J connectivity index is 1.72. The molecule has 1 N–H and O–H groups in total. The molecule has 4 aromatic rings. The number of benzene rings is 3. The second-order valence-corrected chi connectivity index (χ2v) is 7.98. The average Bonchev–Trinajstić information content (AvgIpc) is 3.09. The second kappa shape index (κ2) is 8.42. The van der Waals surface area contributed by atoms with Gasteiger partial charge in [0.15, 0.2) is 5.78 Å². The summed E-state index contributed by atoms with van der Waals surface area (Å²) in [6.07, 6.45) is 0.352. The lowest BCUT2D eigenvalue weighted by molar-refractivity contribution is 0.0993. The van der Waals surface area contributed by atoms with Crippen molar-refractivity contribution in [1.29, 1.82) is 0 Å². The SMILES string of the molecule is Cc1ccc(CC(=O)c2ccc3nc(-c4ccc(Cl)cc4)n(CCO)c3c2)cc1C. The first-order chi connectivity index (χ1) is 14.5. The number of nitrogens with zero attached hydrogens (tertiary/aromatic N) is 2. The summed E-state index contributed by atoms with van der Waals surface area (Å²) in [5.74, 6) is 0.805. The standard InChI is InChI=1S/C25H23ClN2O2/c1-16-3-4-18(13-17(16)2)14-24(30)20-7-10-22-23(15-20)28(11-12-29)25(27-22)19-5-8-21(26)9-6-19/h3-10,13,15,29H,11-12,14H2,1-2H3. The Morgan fingerprint density at radius 1 is 1.00 bits per heavy atom. The van der Waals surface area contributed by atoms with Crippen molar-refractivity contribution in [3.05, 3.63) is 87.9 Å². The number of rotatable bonds is 6. The number of imidazole rings is 1. The van der Waals surface area contributed by atoms with Crippen LogP contribution in [0.15, 0.2) is 60.7 Å². The molecule has 0 bridgehead atoms. The van der Waals surface area contributed by atoms with E-state index in [1.54, 1.807) is 0 Å². The largest absolute Gasteiger partial charge is 0.395 e. The number of Topliss-reactive ketones (excluding diaryl/α,β-unsaturated/α-hetero) is 1. The number of ketones is 1. The Bertz CT molecular complexity index is 1230. The van der Waals surface area contributed by atoms with E-state index < -0.39 is 0 Å². The van der Waals surface area contributed by atoms with Gasteiger partial charge in [0.2, 0.25) is 0 Å². The van der Waals surface area contributed by atoms with Crippen molar-refractivity contribution in [1.82, 2.24) is 9.55 Å². The zero-order valence-electron chi connectivity index (χ0n) is 17.0. The van der Waals surface area contributed by atoms with Gasteiger partial charge in [-0.3, -0.25) is 4.79 Å². The highest BCUT2D eigenvalue weighted by atomic mass is 35.5. The fraction of sp³-hybridized carbons (Fsp3) is 0.200. The molecule has 0 spiro atoms. The summed E-state index contributed by atoms with van der Waals surface area (Å²) in [6, 6.07) is 19.1. The highest BCUT2D eigenvalue weighted by molar-refractivity contribution is 6.30. The highest BCUT2D eigenvalue weighted by Gasteiger charge is 2.15. The number of carbonyl (C=O) groups excluding carboxylic acids is 1. The number of hydrogen-bond acceptors (Lipinski definition) is 3. The predicted molar refractivity (Wildman–Crippen MR) is 121 cm³/mol. The third kappa shape index (κ3) is 4.02. The number of fused-ring (bicyclic) bond motifs is 1. The number of hydrogen-bond donors (Lipinski definition) is 1. The molecule has 4 rings (SSSR count). The van der Waals surface area contributed by atoms with E-state index >= 15 is 0 Å². The Kier molecular flexibility index (Phi) is 5.71. The van der Waals surface area contributed by atoms with Gasteiger partial charge in [0, 0.05) is 29.1 Å². The van der Waals surface area contributed by atoms with Crippen molar-refractivity contribution in [2.75, 3.05) is 6.61 Å². The lowest BCUT2D eigenvalue weighted by Crippen LogP contribution is -2.06. The van der Waals surface area contributed by atoms with Crippen LogP contribution >= 0.6 is 11.6 Å². The maximum Gasteiger partial charge on any atom is 0.167 e. The number of aliphatic hydroxyl groups excluding tert-OH is 1. The molecule has 0 radical (unpaired) electrons. The molecule has 0 aliphatic carbocycles. The average molecular weight is 419 g/mol. The maximum atomic E-state index is 12.9. The van der Waals surface area contributed by atoms with E-state index in [2.05, 4.69) is 26.0 Å². The first-order valence-corrected chi connectivity index (χ1v) is 10.3. The van der Waals surface area contributed by atoms with E-state index in [4.69, 9.17) is 16.6 Å². The molecule has 0 unspecified atom stereocenters. The number of aryl methyl sites for hydroxylation is 2. The number of aromatic nitrogens is 2. The first kappa shape index (κ1) is 20.3. The topological polar surface area (TPSA) is 55.1 Å². The summed E-state index contributed by atoms with van der Waals surface area (Å²) in [7, 11) is 0. The van der Waals surface area contributed by atoms with Crippen LogP contribution in [0.4, 0.5) is 0 Å². The van der Waals surface area contributed by atoms with Crippen LogP contribution in [0.3, 0.4) is 0 Å². The third-order valence-electron chi connectivity index (χ3n) is 5.43. The summed E-state index contributed by atoms with van der Waals surface area (Å²) in [5, 5.41) is 10.3. The van der Waals surface area contributed by atoms with Gasteiger partial charge >= 0.3 is 0 Å². The smallest absolute Gasteiger partial charge is 0.167 e. The van der Waals surface area contributed by atoms with Crippen LogP contribution < -0.4 is 0 Å². The molecule has 0 fully saturated rings. The molecule has 0 atom stereocenters. The van der Waals surface area contributed by atoms with E-state index in [1.807, 2.05) is 53.1 Å². The number of carbonyl (C=O) groups is 1. The molecule has 152 valence electrons. The Hall–Kier alpha value is -2.95. The van der Waals surface area contributed by atoms with E-state index in [1.165, 1.54) is 11.1 Å². The second-order valence-electron chi connectivity index (χ2n) is 7.54. The predicted octanol–water partition coefficient (Wildman–Crippen LogP) is 5.39. The Labute approximate surface area is 180 Å². The fourth-order valence-electron chi connectivity index (χ4n) is 3.64. The molecule has 0 saturated heterocycles. The normalized spacial score (nSPS) is 11.2. The summed E-state index contributed by atoms with van der Waals surface area (Å²) in [5.41, 5.74) is 6.58. The maximum absolute atomic E-state index is 12.9. The molecular weight excluding hydrogens is 396 g/mol. The van der Waals surface area contributed by atoms with Gasteiger partial charge in [-0.25, -0.2) is 4.98 Å². The molecule has 30 heavy (non-hydrogen) atoms. The summed E-state index contributed by atoms with van der Waals surface area (Å²) >= 11 is 6.01. The van der Waals surface area contributed by atoms with E-state index in [9.17, 15) is 9.90 Å². The Morgan fingerprint density at radius 2 is 1.77 bits per heavy atom. The van der Waals surface area contributed by atoms with E-state index in [0.29, 0.717) is 23.6 Å². The molecule has 0 amide bonds. The highest BCUT2D eigenvalue weighted by Crippen LogP contribution is 2.27. The molecule has 0 saturated carbocycles. The van der Waals surface area contributed by atoms with E-state index in [-0.39, 0.29) is 12.4 Å². The zero-order valence-corrected chi connectivity index (χ0v) is 17.8. The summed E-state index contributed by atoms with van der Waals surface area (Å²) in [4.78, 5) is 17.7. The van der Waals surface area contributed by atoms with Gasteiger partial charge < -0.3 is 9.67 Å². The monoisotopic (exact) mass is 418 g/mol. The van der Waals surface area contributed by atoms with Gasteiger partial charge in [-0.15, -0.1) is 0 Å². The lowest BCUT2D eigenvalue weighted by atomic mass is 9.99. The van der Waals surface area contributed by atoms with Crippen LogP contribution in [0, 0.1) is 13.8 Å². The number of halogens is 1. The van der Waals surface area contributed by atoms with Crippen LogP contribution in [0.2, 0.25) is 5.02 Å². The van der Waals surface area contributed by atoms with Crippen molar-refractivity contribution in [2.24, 2.45) is 0 Å². The van der Waals surface area contributed by atoms with Crippen LogP contribution in [-0.2, 0) is 13.0 Å². The van der Waals surface area contributed by atoms with Crippen molar-refractivity contribution in [3.8, 4) is 11.4 Å². The van der Waals surface area contributed by atoms with Crippen molar-refractivity contribution in [2.45, 2.75) is 26.8 Å². The van der Waals surface area contributed by atoms with Crippen molar-refractivity contribution < 1.29 is 9.90 Å². The van der Waals surface area contributed by atoms with Crippen molar-refractivity contribution in [3.63, 3.8) is 0 Å². The molecule has 1 heterocycles. The van der Waals surface area contributed by atoms with Crippen LogP contribution in [0.5, 0.6) is 0 Å². The lowest BCUT2D eigenvalue weighted by Gasteiger charge is -2.09. The van der Waals surface area contributed by atoms with Gasteiger partial charge in [0.25, 0.3) is 0 Å². The van der Waals surface area contributed by atoms with Gasteiger partial charge in [0.05, 0.1) is 17.6 Å². The van der Waals surface area contributed by atoms with Crippen LogP contribution in [0.1, 0.15) is 27.0 Å². The minimum Gasteiger partial charge on any atom is -0.395 e. The minimum atomic E-state index is -0.0210. The van der Waals surface area contributed by atoms with Crippen LogP contribution in [0.25, 0.3) is 22.4 Å². The molecular formula is C25H23ClN2O2. The van der Waals surface area contributed by atoms with E-state index in [0.717, 1.165) is 28.0 Å². The Morgan fingerprint density at radius 3 is 2.47 bits per heavy atom. The van der Waals surface area contributed by atoms with Gasteiger partial charge in [-0.05, 0) is 73.0 Å². The zero-order chi connectivity index (χ0) is 21.3. The van der Waals surface area contributed by atoms with Gasteiger partial charge in [-0.1, -0.05) is 29.8 Å². The number of aliphatic hydroxyl groups is 1. The molecule has 3 aromatic carbocycles. The summed E-state index contributed by atoms with van der Waals surface area (Å²) in [6.45, 7) is 4.49. The van der Waals surface area contributed by atoms with Gasteiger partial charge in [-0.2, -0.15) is 0 Å². The van der Waals surface area contributed by atoms with Crippen molar-refractivity contribution >= 4 is 28.4 Å². The molecule has 0 aliphatic rings. The molecule has 4 nitrogen and oxygen atoms in total. The van der Waals surface area contributed by atoms with Gasteiger partial charge in [0.1, 0.15) is 5.82 Å². The quantitative estimate of drug-likeness (QED) is 0.427. The molecule has 5 heteroatoms. The first-order valence-electron chi connectivity index (χ1n) is 9.92. The molecule has 0 aliphatic heterocycles.